The molecule has 0 aliphatic carbocycles. The molecule has 128 valence electrons. The first kappa shape index (κ1) is 17.2. The van der Waals surface area contributed by atoms with Crippen LogP contribution in [0.3, 0.4) is 0 Å². The Hall–Kier alpha value is -2.66. The van der Waals surface area contributed by atoms with Crippen LogP contribution in [-0.4, -0.2) is 30.8 Å². The molecule has 25 heavy (non-hydrogen) atoms. The Bertz CT molecular complexity index is 834. The van der Waals surface area contributed by atoms with Crippen LogP contribution in [0.1, 0.15) is 33.6 Å². The number of anilines is 1. The van der Waals surface area contributed by atoms with Crippen molar-refractivity contribution in [2.45, 2.75) is 12.8 Å². The van der Waals surface area contributed by atoms with Crippen molar-refractivity contribution in [3.63, 3.8) is 0 Å². The number of benzene rings is 2. The zero-order chi connectivity index (χ0) is 17.8. The average Bonchev–Trinajstić information content (AvgIpc) is 3.06. The number of carbonyl (C=O) groups excluding carboxylic acids is 3. The van der Waals surface area contributed by atoms with Gasteiger partial charge in [0.25, 0.3) is 0 Å². The minimum Gasteiger partial charge on any atom is -0.454 e. The molecule has 5 nitrogen and oxygen atoms in total. The predicted molar refractivity (Wildman–Crippen MR) is 94.1 cm³/mol. The standard InChI is InChI=1S/C19H16ClNO4/c20-16-8-2-1-7-15(16)17(22)12-25-19(24)13-5-3-6-14(11-13)21-10-4-9-18(21)23/h1-3,5-8,11H,4,9-10,12H2. The van der Waals surface area contributed by atoms with Crippen molar-refractivity contribution in [3.05, 3.63) is 64.7 Å². The first-order valence-electron chi connectivity index (χ1n) is 7.91. The van der Waals surface area contributed by atoms with E-state index < -0.39 is 12.6 Å². The zero-order valence-electron chi connectivity index (χ0n) is 13.4. The van der Waals surface area contributed by atoms with Crippen LogP contribution >= 0.6 is 11.6 Å². The Balaban J connectivity index is 1.66. The summed E-state index contributed by atoms with van der Waals surface area (Å²) in [5, 5.41) is 0.318. The number of carbonyl (C=O) groups is 3. The van der Waals surface area contributed by atoms with E-state index in [4.69, 9.17) is 16.3 Å². The van der Waals surface area contributed by atoms with Crippen molar-refractivity contribution in [1.82, 2.24) is 0 Å². The predicted octanol–water partition coefficient (Wildman–Crippen LogP) is 3.51. The first-order valence-corrected chi connectivity index (χ1v) is 8.29. The SMILES string of the molecule is O=C(OCC(=O)c1ccccc1Cl)c1cccc(N2CCCC2=O)c1. The molecular formula is C19H16ClNO4. The van der Waals surface area contributed by atoms with Crippen LogP contribution in [-0.2, 0) is 9.53 Å². The molecule has 2 aromatic carbocycles. The molecule has 0 N–H and O–H groups in total. The van der Waals surface area contributed by atoms with E-state index in [-0.39, 0.29) is 11.7 Å². The Morgan fingerprint density at radius 2 is 1.92 bits per heavy atom. The first-order chi connectivity index (χ1) is 12.1. The van der Waals surface area contributed by atoms with Crippen LogP contribution in [0.4, 0.5) is 5.69 Å². The van der Waals surface area contributed by atoms with Gasteiger partial charge in [-0.05, 0) is 36.8 Å². The van der Waals surface area contributed by atoms with E-state index in [1.807, 2.05) is 0 Å². The highest BCUT2D eigenvalue weighted by atomic mass is 35.5. The summed E-state index contributed by atoms with van der Waals surface area (Å²) in [5.74, 6) is -0.946. The summed E-state index contributed by atoms with van der Waals surface area (Å²) in [6.07, 6.45) is 1.32. The maximum atomic E-state index is 12.2. The molecule has 0 aromatic heterocycles. The number of hydrogen-bond acceptors (Lipinski definition) is 4. The molecule has 6 heteroatoms. The van der Waals surface area contributed by atoms with Gasteiger partial charge in [-0.1, -0.05) is 29.8 Å². The molecule has 0 saturated carbocycles. The quantitative estimate of drug-likeness (QED) is 0.607. The Morgan fingerprint density at radius 1 is 1.12 bits per heavy atom. The van der Waals surface area contributed by atoms with Crippen molar-refractivity contribution in [2.75, 3.05) is 18.1 Å². The highest BCUT2D eigenvalue weighted by Gasteiger charge is 2.22. The largest absolute Gasteiger partial charge is 0.454 e. The monoisotopic (exact) mass is 357 g/mol. The van der Waals surface area contributed by atoms with Gasteiger partial charge in [0.05, 0.1) is 10.6 Å². The number of ketones is 1. The Kier molecular flexibility index (Phi) is 5.14. The van der Waals surface area contributed by atoms with Crippen LogP contribution in [0.5, 0.6) is 0 Å². The number of amides is 1. The molecule has 0 spiro atoms. The number of halogens is 1. The highest BCUT2D eigenvalue weighted by Crippen LogP contribution is 2.22. The van der Waals surface area contributed by atoms with E-state index >= 15 is 0 Å². The van der Waals surface area contributed by atoms with Crippen molar-refractivity contribution >= 4 is 34.9 Å². The summed E-state index contributed by atoms with van der Waals surface area (Å²) in [6.45, 7) is 0.248. The maximum absolute atomic E-state index is 12.2. The van der Waals surface area contributed by atoms with Crippen LogP contribution in [0, 0.1) is 0 Å². The fourth-order valence-electron chi connectivity index (χ4n) is 2.70. The van der Waals surface area contributed by atoms with Gasteiger partial charge < -0.3 is 9.64 Å². The molecule has 2 aromatic rings. The van der Waals surface area contributed by atoms with Gasteiger partial charge in [-0.25, -0.2) is 4.79 Å². The minimum atomic E-state index is -0.617. The lowest BCUT2D eigenvalue weighted by Crippen LogP contribution is -2.24. The fourth-order valence-corrected chi connectivity index (χ4v) is 2.94. The molecule has 0 radical (unpaired) electrons. The third-order valence-electron chi connectivity index (χ3n) is 3.98. The van der Waals surface area contributed by atoms with E-state index in [0.29, 0.717) is 34.8 Å². The lowest BCUT2D eigenvalue weighted by Gasteiger charge is -2.16. The number of hydrogen-bond donors (Lipinski definition) is 0. The van der Waals surface area contributed by atoms with Gasteiger partial charge in [0.2, 0.25) is 11.7 Å². The summed E-state index contributed by atoms with van der Waals surface area (Å²) in [7, 11) is 0. The maximum Gasteiger partial charge on any atom is 0.338 e. The highest BCUT2D eigenvalue weighted by molar-refractivity contribution is 6.34. The fraction of sp³-hybridized carbons (Fsp3) is 0.211. The Morgan fingerprint density at radius 3 is 2.64 bits per heavy atom. The molecule has 0 unspecified atom stereocenters. The summed E-state index contributed by atoms with van der Waals surface area (Å²) in [6, 6.07) is 13.2. The van der Waals surface area contributed by atoms with E-state index in [2.05, 4.69) is 0 Å². The number of esters is 1. The lowest BCUT2D eigenvalue weighted by molar-refractivity contribution is -0.117. The summed E-state index contributed by atoms with van der Waals surface area (Å²) >= 11 is 5.96. The van der Waals surface area contributed by atoms with E-state index in [1.165, 1.54) is 0 Å². The van der Waals surface area contributed by atoms with Crippen molar-refractivity contribution in [3.8, 4) is 0 Å². The molecule has 1 aliphatic rings. The molecule has 0 atom stereocenters. The Labute approximate surface area is 150 Å². The molecule has 3 rings (SSSR count). The molecule has 0 bridgehead atoms. The minimum absolute atomic E-state index is 0.0411. The van der Waals surface area contributed by atoms with Crippen LogP contribution in [0.25, 0.3) is 0 Å². The lowest BCUT2D eigenvalue weighted by atomic mass is 10.1. The van der Waals surface area contributed by atoms with Gasteiger partial charge in [0, 0.05) is 24.2 Å². The second-order valence-corrected chi connectivity index (χ2v) is 6.09. The van der Waals surface area contributed by atoms with E-state index in [1.54, 1.807) is 53.4 Å². The van der Waals surface area contributed by atoms with Crippen molar-refractivity contribution in [1.29, 1.82) is 0 Å². The van der Waals surface area contributed by atoms with Crippen molar-refractivity contribution < 1.29 is 19.1 Å². The smallest absolute Gasteiger partial charge is 0.338 e. The normalized spacial score (nSPS) is 13.8. The topological polar surface area (TPSA) is 63.7 Å². The van der Waals surface area contributed by atoms with Crippen molar-refractivity contribution in [2.24, 2.45) is 0 Å². The van der Waals surface area contributed by atoms with Crippen LogP contribution < -0.4 is 4.90 Å². The van der Waals surface area contributed by atoms with Gasteiger partial charge in [0.15, 0.2) is 6.61 Å². The van der Waals surface area contributed by atoms with Gasteiger partial charge in [-0.3, -0.25) is 9.59 Å². The third-order valence-corrected chi connectivity index (χ3v) is 4.31. The molecular weight excluding hydrogens is 342 g/mol. The summed E-state index contributed by atoms with van der Waals surface area (Å²) in [4.78, 5) is 37.8. The number of nitrogens with zero attached hydrogens (tertiary/aromatic N) is 1. The van der Waals surface area contributed by atoms with Gasteiger partial charge in [0.1, 0.15) is 0 Å². The second kappa shape index (κ2) is 7.49. The molecule has 1 amide bonds. The van der Waals surface area contributed by atoms with Crippen LogP contribution in [0.2, 0.25) is 5.02 Å². The summed E-state index contributed by atoms with van der Waals surface area (Å²) in [5.41, 5.74) is 1.27. The van der Waals surface area contributed by atoms with Gasteiger partial charge in [-0.2, -0.15) is 0 Å². The van der Waals surface area contributed by atoms with E-state index in [0.717, 1.165) is 6.42 Å². The van der Waals surface area contributed by atoms with Crippen LogP contribution in [0.15, 0.2) is 48.5 Å². The zero-order valence-corrected chi connectivity index (χ0v) is 14.2. The molecule has 1 fully saturated rings. The summed E-state index contributed by atoms with van der Waals surface area (Å²) < 4.78 is 5.09. The average molecular weight is 358 g/mol. The van der Waals surface area contributed by atoms with Gasteiger partial charge in [-0.15, -0.1) is 0 Å². The molecule has 1 aliphatic heterocycles. The molecule has 1 saturated heterocycles. The van der Waals surface area contributed by atoms with Gasteiger partial charge >= 0.3 is 5.97 Å². The third kappa shape index (κ3) is 3.88. The number of rotatable bonds is 5. The number of Topliss-reactive ketones (excluding diaryl/α,β-unsaturated/α-hetero) is 1. The second-order valence-electron chi connectivity index (χ2n) is 5.68. The molecule has 1 heterocycles. The number of ether oxygens (including phenoxy) is 1. The van der Waals surface area contributed by atoms with E-state index in [9.17, 15) is 14.4 Å².